The Kier molecular flexibility index (Phi) is 6.74. The van der Waals surface area contributed by atoms with Crippen molar-refractivity contribution in [2.75, 3.05) is 0 Å². The van der Waals surface area contributed by atoms with E-state index in [-0.39, 0.29) is 17.3 Å². The van der Waals surface area contributed by atoms with Gasteiger partial charge in [0.25, 0.3) is 5.91 Å². The average Bonchev–Trinajstić information content (AvgIpc) is 3.05. The van der Waals surface area contributed by atoms with Crippen LogP contribution in [0.4, 0.5) is 0 Å². The summed E-state index contributed by atoms with van der Waals surface area (Å²) in [5.74, 6) is -0.842. The zero-order valence-corrected chi connectivity index (χ0v) is 18.2. The van der Waals surface area contributed by atoms with Crippen LogP contribution in [0, 0.1) is 13.8 Å². The lowest BCUT2D eigenvalue weighted by atomic mass is 10.2. The molecule has 1 N–H and O–H groups in total. The highest BCUT2D eigenvalue weighted by molar-refractivity contribution is 6.33. The number of aromatic nitrogens is 3. The highest BCUT2D eigenvalue weighted by Gasteiger charge is 2.22. The van der Waals surface area contributed by atoms with Crippen molar-refractivity contribution in [1.29, 1.82) is 0 Å². The Morgan fingerprint density at radius 2 is 1.87 bits per heavy atom. The predicted molar refractivity (Wildman–Crippen MR) is 114 cm³/mol. The van der Waals surface area contributed by atoms with E-state index in [2.05, 4.69) is 15.4 Å². The quantitative estimate of drug-likeness (QED) is 0.577. The number of benzene rings is 1. The van der Waals surface area contributed by atoms with Crippen molar-refractivity contribution in [2.24, 2.45) is 0 Å². The fraction of sp³-hybridized carbons (Fsp3) is 0.238. The van der Waals surface area contributed by atoms with Crippen LogP contribution in [0.3, 0.4) is 0 Å². The first-order chi connectivity index (χ1) is 14.3. The van der Waals surface area contributed by atoms with E-state index in [1.165, 1.54) is 6.92 Å². The van der Waals surface area contributed by atoms with Crippen LogP contribution in [-0.2, 0) is 16.1 Å². The fourth-order valence-corrected chi connectivity index (χ4v) is 3.18. The third kappa shape index (κ3) is 4.98. The largest absolute Gasteiger partial charge is 0.448 e. The first kappa shape index (κ1) is 21.8. The number of hydrogen-bond acceptors (Lipinski definition) is 5. The molecule has 0 aliphatic heterocycles. The second-order valence-corrected chi connectivity index (χ2v) is 7.51. The van der Waals surface area contributed by atoms with Crippen LogP contribution in [0.5, 0.6) is 0 Å². The van der Waals surface area contributed by atoms with Gasteiger partial charge in [-0.2, -0.15) is 5.10 Å². The molecule has 2 aromatic heterocycles. The molecule has 1 unspecified atom stereocenters. The molecule has 2 heterocycles. The van der Waals surface area contributed by atoms with Crippen molar-refractivity contribution < 1.29 is 14.3 Å². The molecular formula is C21H20Cl2N4O3. The first-order valence-corrected chi connectivity index (χ1v) is 9.94. The molecule has 0 aliphatic rings. The van der Waals surface area contributed by atoms with E-state index in [1.54, 1.807) is 35.0 Å². The van der Waals surface area contributed by atoms with Crippen molar-refractivity contribution in [3.05, 3.63) is 75.2 Å². The average molecular weight is 447 g/mol. The van der Waals surface area contributed by atoms with E-state index in [9.17, 15) is 9.59 Å². The van der Waals surface area contributed by atoms with Gasteiger partial charge in [0.05, 0.1) is 10.7 Å². The van der Waals surface area contributed by atoms with Gasteiger partial charge < -0.3 is 10.1 Å². The topological polar surface area (TPSA) is 86.1 Å². The Morgan fingerprint density at radius 1 is 1.13 bits per heavy atom. The molecule has 0 spiro atoms. The molecule has 3 rings (SSSR count). The lowest BCUT2D eigenvalue weighted by Crippen LogP contribution is -2.35. The Balaban J connectivity index is 1.69. The Hall–Kier alpha value is -2.90. The van der Waals surface area contributed by atoms with Gasteiger partial charge in [-0.05, 0) is 50.6 Å². The van der Waals surface area contributed by atoms with Crippen LogP contribution >= 0.6 is 23.2 Å². The van der Waals surface area contributed by atoms with Gasteiger partial charge in [-0.3, -0.25) is 4.79 Å². The monoisotopic (exact) mass is 446 g/mol. The third-order valence-electron chi connectivity index (χ3n) is 4.32. The van der Waals surface area contributed by atoms with E-state index >= 15 is 0 Å². The minimum absolute atomic E-state index is 0.0903. The van der Waals surface area contributed by atoms with Crippen molar-refractivity contribution in [1.82, 2.24) is 20.1 Å². The number of amides is 1. The molecule has 0 radical (unpaired) electrons. The van der Waals surface area contributed by atoms with Gasteiger partial charge in [-0.15, -0.1) is 0 Å². The summed E-state index contributed by atoms with van der Waals surface area (Å²) in [6.07, 6.45) is -1.05. The summed E-state index contributed by atoms with van der Waals surface area (Å²) in [6, 6.07) is 12.2. The molecule has 7 nitrogen and oxygen atoms in total. The molecule has 9 heteroatoms. The number of hydrogen-bond donors (Lipinski definition) is 1. The maximum absolute atomic E-state index is 12.6. The smallest absolute Gasteiger partial charge is 0.359 e. The predicted octanol–water partition coefficient (Wildman–Crippen LogP) is 4.05. The van der Waals surface area contributed by atoms with E-state index in [0.717, 1.165) is 17.0 Å². The summed E-state index contributed by atoms with van der Waals surface area (Å²) in [5.41, 5.74) is 2.34. The molecular weight excluding hydrogens is 427 g/mol. The van der Waals surface area contributed by atoms with Gasteiger partial charge in [0.1, 0.15) is 0 Å². The van der Waals surface area contributed by atoms with Gasteiger partial charge in [0.15, 0.2) is 17.6 Å². The fourth-order valence-electron chi connectivity index (χ4n) is 2.79. The SMILES string of the molecule is Cc1cc(C)n(-c2ccc(Cl)c(C(=O)OC(C)C(=O)NCc3ccccc3Cl)n2)n1. The summed E-state index contributed by atoms with van der Waals surface area (Å²) >= 11 is 12.2. The van der Waals surface area contributed by atoms with Crippen molar-refractivity contribution in [2.45, 2.75) is 33.4 Å². The van der Waals surface area contributed by atoms with Crippen molar-refractivity contribution >= 4 is 35.1 Å². The van der Waals surface area contributed by atoms with Gasteiger partial charge in [-0.25, -0.2) is 14.5 Å². The Morgan fingerprint density at radius 3 is 2.53 bits per heavy atom. The van der Waals surface area contributed by atoms with E-state index in [1.807, 2.05) is 26.0 Å². The normalized spacial score (nSPS) is 11.8. The van der Waals surface area contributed by atoms with Gasteiger partial charge in [0, 0.05) is 17.3 Å². The van der Waals surface area contributed by atoms with Crippen LogP contribution in [-0.4, -0.2) is 32.7 Å². The van der Waals surface area contributed by atoms with Crippen LogP contribution in [0.25, 0.3) is 5.82 Å². The van der Waals surface area contributed by atoms with Gasteiger partial charge >= 0.3 is 5.97 Å². The summed E-state index contributed by atoms with van der Waals surface area (Å²) < 4.78 is 6.86. The summed E-state index contributed by atoms with van der Waals surface area (Å²) in [7, 11) is 0. The van der Waals surface area contributed by atoms with E-state index in [0.29, 0.717) is 10.8 Å². The Labute approximate surface area is 184 Å². The minimum Gasteiger partial charge on any atom is -0.448 e. The molecule has 0 fully saturated rings. The molecule has 0 saturated carbocycles. The number of rotatable bonds is 6. The minimum atomic E-state index is -1.05. The number of carbonyl (C=O) groups excluding carboxylic acids is 2. The molecule has 3 aromatic rings. The number of nitrogens with zero attached hydrogens (tertiary/aromatic N) is 3. The zero-order valence-electron chi connectivity index (χ0n) is 16.6. The maximum atomic E-state index is 12.6. The summed E-state index contributed by atoms with van der Waals surface area (Å²) in [4.78, 5) is 29.2. The lowest BCUT2D eigenvalue weighted by Gasteiger charge is -2.14. The van der Waals surface area contributed by atoms with Crippen LogP contribution in [0.2, 0.25) is 10.0 Å². The molecule has 0 saturated heterocycles. The van der Waals surface area contributed by atoms with Gasteiger partial charge in [0.2, 0.25) is 0 Å². The van der Waals surface area contributed by atoms with Crippen LogP contribution in [0.15, 0.2) is 42.5 Å². The molecule has 1 amide bonds. The summed E-state index contributed by atoms with van der Waals surface area (Å²) in [6.45, 7) is 5.42. The number of carbonyl (C=O) groups is 2. The molecule has 30 heavy (non-hydrogen) atoms. The van der Waals surface area contributed by atoms with Gasteiger partial charge in [-0.1, -0.05) is 41.4 Å². The maximum Gasteiger partial charge on any atom is 0.359 e. The zero-order chi connectivity index (χ0) is 21.8. The molecule has 0 bridgehead atoms. The molecule has 0 aliphatic carbocycles. The van der Waals surface area contributed by atoms with E-state index in [4.69, 9.17) is 27.9 Å². The molecule has 1 aromatic carbocycles. The van der Waals surface area contributed by atoms with Crippen molar-refractivity contribution in [3.8, 4) is 5.82 Å². The standard InChI is InChI=1S/C21H20Cl2N4O3/c1-12-10-13(2)27(26-12)18-9-8-17(23)19(25-18)21(29)30-14(3)20(28)24-11-15-6-4-5-7-16(15)22/h4-10,14H,11H2,1-3H3,(H,24,28). The van der Waals surface area contributed by atoms with E-state index < -0.39 is 18.0 Å². The molecule has 1 atom stereocenters. The number of esters is 1. The third-order valence-corrected chi connectivity index (χ3v) is 4.99. The number of aryl methyl sites for hydroxylation is 2. The van der Waals surface area contributed by atoms with Crippen molar-refractivity contribution in [3.63, 3.8) is 0 Å². The number of ether oxygens (including phenoxy) is 1. The second-order valence-electron chi connectivity index (χ2n) is 6.70. The number of halogens is 2. The second kappa shape index (κ2) is 9.28. The number of pyridine rings is 1. The first-order valence-electron chi connectivity index (χ1n) is 9.18. The molecule has 156 valence electrons. The van der Waals surface area contributed by atoms with Crippen LogP contribution < -0.4 is 5.32 Å². The Bertz CT molecular complexity index is 1100. The summed E-state index contributed by atoms with van der Waals surface area (Å²) in [5, 5.41) is 7.69. The highest BCUT2D eigenvalue weighted by atomic mass is 35.5. The van der Waals surface area contributed by atoms with Crippen LogP contribution in [0.1, 0.15) is 34.4 Å². The lowest BCUT2D eigenvalue weighted by molar-refractivity contribution is -0.129. The number of nitrogens with one attached hydrogen (secondary N) is 1. The highest BCUT2D eigenvalue weighted by Crippen LogP contribution is 2.19.